The van der Waals surface area contributed by atoms with Gasteiger partial charge in [-0.3, -0.25) is 10.2 Å². The van der Waals surface area contributed by atoms with Crippen molar-refractivity contribution >= 4 is 16.7 Å². The number of hydrazine groups is 1. The fourth-order valence-electron chi connectivity index (χ4n) is 3.45. The number of hydrogen-bond acceptors (Lipinski definition) is 3. The molecule has 1 aliphatic rings. The zero-order chi connectivity index (χ0) is 20.5. The summed E-state index contributed by atoms with van der Waals surface area (Å²) in [5, 5.41) is 2.16. The molecular formula is C21H25F3N2O2. The van der Waals surface area contributed by atoms with Crippen LogP contribution in [0.5, 0.6) is 5.75 Å². The minimum absolute atomic E-state index is 0.0365. The SMILES string of the molecule is CCCCOc1cc([C@H](N2CC(C)(C)C(=O)N2)C(F)(F)F)c2ccccc2c1. The topological polar surface area (TPSA) is 41.6 Å². The number of hydrogen-bond donors (Lipinski definition) is 1. The average Bonchev–Trinajstić information content (AvgIpc) is 2.86. The van der Waals surface area contributed by atoms with Crippen LogP contribution >= 0.6 is 0 Å². The van der Waals surface area contributed by atoms with Gasteiger partial charge in [0.1, 0.15) is 5.75 Å². The summed E-state index contributed by atoms with van der Waals surface area (Å²) < 4.78 is 48.2. The molecule has 1 fully saturated rings. The van der Waals surface area contributed by atoms with Gasteiger partial charge in [-0.05, 0) is 48.7 Å². The smallest absolute Gasteiger partial charge is 0.409 e. The van der Waals surface area contributed by atoms with Crippen LogP contribution in [0.4, 0.5) is 13.2 Å². The van der Waals surface area contributed by atoms with Gasteiger partial charge in [0.15, 0.2) is 6.04 Å². The van der Waals surface area contributed by atoms with Crippen LogP contribution in [0.1, 0.15) is 45.2 Å². The van der Waals surface area contributed by atoms with Gasteiger partial charge in [-0.15, -0.1) is 0 Å². The van der Waals surface area contributed by atoms with Gasteiger partial charge in [0.25, 0.3) is 0 Å². The van der Waals surface area contributed by atoms with Gasteiger partial charge >= 0.3 is 6.18 Å². The number of alkyl halides is 3. The fraction of sp³-hybridized carbons (Fsp3) is 0.476. The number of amides is 1. The predicted molar refractivity (Wildman–Crippen MR) is 102 cm³/mol. The number of ether oxygens (including phenoxy) is 1. The van der Waals surface area contributed by atoms with E-state index in [-0.39, 0.29) is 12.1 Å². The Morgan fingerprint density at radius 3 is 2.57 bits per heavy atom. The number of carbonyl (C=O) groups is 1. The highest BCUT2D eigenvalue weighted by molar-refractivity contribution is 5.88. The quantitative estimate of drug-likeness (QED) is 0.702. The van der Waals surface area contributed by atoms with Crippen LogP contribution in [-0.4, -0.2) is 30.2 Å². The van der Waals surface area contributed by atoms with Crippen LogP contribution in [0.2, 0.25) is 0 Å². The lowest BCUT2D eigenvalue weighted by Crippen LogP contribution is -2.43. The minimum Gasteiger partial charge on any atom is -0.494 e. The molecular weight excluding hydrogens is 369 g/mol. The van der Waals surface area contributed by atoms with Crippen LogP contribution < -0.4 is 10.2 Å². The molecule has 0 aliphatic carbocycles. The highest BCUT2D eigenvalue weighted by atomic mass is 19.4. The predicted octanol–water partition coefficient (Wildman–Crippen LogP) is 5.00. The van der Waals surface area contributed by atoms with E-state index in [0.717, 1.165) is 17.9 Å². The largest absolute Gasteiger partial charge is 0.494 e. The van der Waals surface area contributed by atoms with Crippen LogP contribution in [-0.2, 0) is 4.79 Å². The number of rotatable bonds is 6. The van der Waals surface area contributed by atoms with Crippen molar-refractivity contribution in [3.8, 4) is 5.75 Å². The van der Waals surface area contributed by atoms with Gasteiger partial charge in [-0.1, -0.05) is 37.6 Å². The molecule has 1 N–H and O–H groups in total. The second-order valence-corrected chi connectivity index (χ2v) is 7.83. The summed E-state index contributed by atoms with van der Waals surface area (Å²) in [6.07, 6.45) is -2.82. The first kappa shape index (κ1) is 20.5. The minimum atomic E-state index is -4.57. The zero-order valence-corrected chi connectivity index (χ0v) is 16.3. The van der Waals surface area contributed by atoms with Gasteiger partial charge < -0.3 is 4.74 Å². The molecule has 3 rings (SSSR count). The maximum Gasteiger partial charge on any atom is 0.409 e. The van der Waals surface area contributed by atoms with Crippen molar-refractivity contribution in [1.29, 1.82) is 0 Å². The molecule has 1 saturated heterocycles. The molecule has 2 aromatic carbocycles. The van der Waals surface area contributed by atoms with Crippen LogP contribution in [0.25, 0.3) is 10.8 Å². The monoisotopic (exact) mass is 394 g/mol. The molecule has 0 radical (unpaired) electrons. The standard InChI is InChI=1S/C21H25F3N2O2/c1-4-5-10-28-15-11-14-8-6-7-9-16(14)17(12-15)18(21(22,23)24)26-13-20(2,3)19(27)25-26/h6-9,11-12,18H,4-5,10,13H2,1-3H3,(H,25,27)/t18-/m0/s1. The summed E-state index contributed by atoms with van der Waals surface area (Å²) in [6, 6.07) is 8.18. The Kier molecular flexibility index (Phi) is 5.57. The van der Waals surface area contributed by atoms with Gasteiger partial charge in [0.2, 0.25) is 5.91 Å². The molecule has 4 nitrogen and oxygen atoms in total. The van der Waals surface area contributed by atoms with Crippen LogP contribution in [0, 0.1) is 5.41 Å². The second-order valence-electron chi connectivity index (χ2n) is 7.83. The van der Waals surface area contributed by atoms with Gasteiger partial charge in [-0.2, -0.15) is 13.2 Å². The Hall–Kier alpha value is -2.28. The lowest BCUT2D eigenvalue weighted by atomic mass is 9.93. The molecule has 28 heavy (non-hydrogen) atoms. The number of fused-ring (bicyclic) bond motifs is 1. The van der Waals surface area contributed by atoms with Gasteiger partial charge in [-0.25, -0.2) is 5.01 Å². The van der Waals surface area contributed by atoms with Gasteiger partial charge in [0, 0.05) is 6.54 Å². The number of benzene rings is 2. The summed E-state index contributed by atoms with van der Waals surface area (Å²) in [7, 11) is 0. The summed E-state index contributed by atoms with van der Waals surface area (Å²) in [4.78, 5) is 12.1. The molecule has 1 heterocycles. The molecule has 0 spiro atoms. The van der Waals surface area contributed by atoms with E-state index < -0.39 is 23.5 Å². The molecule has 0 aromatic heterocycles. The van der Waals surface area contributed by atoms with Crippen LogP contribution in [0.3, 0.4) is 0 Å². The average molecular weight is 394 g/mol. The molecule has 1 aliphatic heterocycles. The lowest BCUT2D eigenvalue weighted by molar-refractivity contribution is -0.191. The van der Waals surface area contributed by atoms with Crippen molar-refractivity contribution in [3.63, 3.8) is 0 Å². The van der Waals surface area contributed by atoms with E-state index in [2.05, 4.69) is 5.43 Å². The Morgan fingerprint density at radius 1 is 1.25 bits per heavy atom. The molecule has 0 unspecified atom stereocenters. The maximum absolute atomic E-state index is 14.2. The first-order valence-electron chi connectivity index (χ1n) is 9.43. The van der Waals surface area contributed by atoms with Crippen molar-refractivity contribution in [2.24, 2.45) is 5.41 Å². The van der Waals surface area contributed by atoms with E-state index >= 15 is 0 Å². The second kappa shape index (κ2) is 7.62. The molecule has 0 bridgehead atoms. The molecule has 2 aromatic rings. The molecule has 152 valence electrons. The van der Waals surface area contributed by atoms with Crippen molar-refractivity contribution in [1.82, 2.24) is 10.4 Å². The Labute approximate surface area is 162 Å². The number of carbonyl (C=O) groups excluding carboxylic acids is 1. The third-order valence-corrected chi connectivity index (χ3v) is 4.98. The molecule has 0 saturated carbocycles. The van der Waals surface area contributed by atoms with Crippen molar-refractivity contribution < 1.29 is 22.7 Å². The van der Waals surface area contributed by atoms with E-state index in [1.165, 1.54) is 6.07 Å². The summed E-state index contributed by atoms with van der Waals surface area (Å²) in [5.41, 5.74) is 1.60. The van der Waals surface area contributed by atoms with Crippen molar-refractivity contribution in [2.75, 3.05) is 13.2 Å². The number of halogens is 3. The summed E-state index contributed by atoms with van der Waals surface area (Å²) >= 11 is 0. The van der Waals surface area contributed by atoms with E-state index in [9.17, 15) is 18.0 Å². The Morgan fingerprint density at radius 2 is 1.96 bits per heavy atom. The highest BCUT2D eigenvalue weighted by Gasteiger charge is 2.51. The summed E-state index contributed by atoms with van der Waals surface area (Å²) in [6.45, 7) is 5.70. The molecule has 1 atom stereocenters. The first-order valence-corrected chi connectivity index (χ1v) is 9.43. The van der Waals surface area contributed by atoms with Crippen molar-refractivity contribution in [2.45, 2.75) is 45.8 Å². The van der Waals surface area contributed by atoms with Gasteiger partial charge in [0.05, 0.1) is 12.0 Å². The number of nitrogens with zero attached hydrogens (tertiary/aromatic N) is 1. The Bertz CT molecular complexity index is 864. The third kappa shape index (κ3) is 4.09. The zero-order valence-electron chi connectivity index (χ0n) is 16.3. The van der Waals surface area contributed by atoms with Crippen molar-refractivity contribution in [3.05, 3.63) is 42.0 Å². The third-order valence-electron chi connectivity index (χ3n) is 4.98. The van der Waals surface area contributed by atoms with E-state index in [1.807, 2.05) is 6.92 Å². The number of nitrogens with one attached hydrogen (secondary N) is 1. The summed E-state index contributed by atoms with van der Waals surface area (Å²) in [5.74, 6) is -0.0115. The highest BCUT2D eigenvalue weighted by Crippen LogP contribution is 2.44. The van der Waals surface area contributed by atoms with Crippen LogP contribution in [0.15, 0.2) is 36.4 Å². The lowest BCUT2D eigenvalue weighted by Gasteiger charge is -2.31. The normalized spacial score (nSPS) is 18.3. The molecule has 1 amide bonds. The number of unbranched alkanes of at least 4 members (excludes halogenated alkanes) is 1. The fourth-order valence-corrected chi connectivity index (χ4v) is 3.45. The Balaban J connectivity index is 2.10. The van der Waals surface area contributed by atoms with E-state index in [4.69, 9.17) is 4.74 Å². The molecule has 7 heteroatoms. The van der Waals surface area contributed by atoms with E-state index in [1.54, 1.807) is 44.2 Å². The first-order chi connectivity index (χ1) is 13.1. The maximum atomic E-state index is 14.2. The van der Waals surface area contributed by atoms with E-state index in [0.29, 0.717) is 23.1 Å².